The summed E-state index contributed by atoms with van der Waals surface area (Å²) in [6.45, 7) is 3.72. The van der Waals surface area contributed by atoms with Crippen molar-refractivity contribution in [1.82, 2.24) is 14.7 Å². The molecule has 1 heterocycles. The van der Waals surface area contributed by atoms with Gasteiger partial charge in [-0.05, 0) is 35.9 Å². The van der Waals surface area contributed by atoms with Crippen LogP contribution < -0.4 is 9.46 Å². The van der Waals surface area contributed by atoms with Crippen LogP contribution in [-0.2, 0) is 28.0 Å². The molecule has 0 spiro atoms. The Kier molecular flexibility index (Phi) is 8.73. The summed E-state index contributed by atoms with van der Waals surface area (Å²) in [7, 11) is -3.94. The first kappa shape index (κ1) is 26.3. The van der Waals surface area contributed by atoms with Crippen LogP contribution in [0.25, 0.3) is 0 Å². The molecular formula is C26H26BrN3O4S2. The number of amides is 1. The molecule has 10 heteroatoms. The summed E-state index contributed by atoms with van der Waals surface area (Å²) in [6.07, 6.45) is 1.69. The van der Waals surface area contributed by atoms with Gasteiger partial charge in [-0.1, -0.05) is 83.1 Å². The van der Waals surface area contributed by atoms with Crippen molar-refractivity contribution < 1.29 is 17.9 Å². The van der Waals surface area contributed by atoms with Crippen molar-refractivity contribution in [3.05, 3.63) is 106 Å². The number of rotatable bonds is 10. The van der Waals surface area contributed by atoms with E-state index in [2.05, 4.69) is 25.7 Å². The van der Waals surface area contributed by atoms with Gasteiger partial charge in [-0.2, -0.15) is 0 Å². The zero-order chi connectivity index (χ0) is 25.5. The van der Waals surface area contributed by atoms with Gasteiger partial charge in [0.15, 0.2) is 0 Å². The van der Waals surface area contributed by atoms with Gasteiger partial charge in [0, 0.05) is 29.3 Å². The van der Waals surface area contributed by atoms with Gasteiger partial charge in [0.2, 0.25) is 0 Å². The van der Waals surface area contributed by atoms with Gasteiger partial charge < -0.3 is 9.75 Å². The van der Waals surface area contributed by atoms with Crippen molar-refractivity contribution in [2.24, 2.45) is 0 Å². The Hall–Kier alpha value is -2.79. The van der Waals surface area contributed by atoms with Crippen LogP contribution in [0, 0.1) is 0 Å². The van der Waals surface area contributed by atoms with Crippen molar-refractivity contribution in [1.29, 1.82) is 0 Å². The summed E-state index contributed by atoms with van der Waals surface area (Å²) in [6, 6.07) is 23.7. The summed E-state index contributed by atoms with van der Waals surface area (Å²) >= 11 is 4.84. The van der Waals surface area contributed by atoms with E-state index < -0.39 is 15.9 Å². The molecule has 4 rings (SSSR count). The van der Waals surface area contributed by atoms with Crippen molar-refractivity contribution in [2.75, 3.05) is 12.4 Å². The molecule has 7 nitrogen and oxygen atoms in total. The number of nitrogens with zero attached hydrogens (tertiary/aromatic N) is 2. The van der Waals surface area contributed by atoms with E-state index in [1.807, 2.05) is 60.5 Å². The van der Waals surface area contributed by atoms with E-state index in [1.54, 1.807) is 24.4 Å². The molecule has 0 saturated carbocycles. The van der Waals surface area contributed by atoms with Crippen LogP contribution in [-0.4, -0.2) is 36.8 Å². The molecule has 188 valence electrons. The molecule has 1 aliphatic heterocycles. The summed E-state index contributed by atoms with van der Waals surface area (Å²) < 4.78 is 34.3. The molecule has 0 unspecified atom stereocenters. The molecule has 3 aromatic carbocycles. The highest BCUT2D eigenvalue weighted by Crippen LogP contribution is 2.30. The molecule has 0 aliphatic carbocycles. The number of hydrogen-bond acceptors (Lipinski definition) is 7. The number of hydrogen-bond donors (Lipinski definition) is 1. The summed E-state index contributed by atoms with van der Waals surface area (Å²) in [5.74, 6) is 0.635. The lowest BCUT2D eigenvalue weighted by molar-refractivity contribution is -0.115. The zero-order valence-electron chi connectivity index (χ0n) is 19.6. The minimum absolute atomic E-state index is 0.0478. The molecule has 1 aliphatic rings. The highest BCUT2D eigenvalue weighted by Gasteiger charge is 2.27. The van der Waals surface area contributed by atoms with Gasteiger partial charge in [0.1, 0.15) is 12.4 Å². The third-order valence-electron chi connectivity index (χ3n) is 5.46. The van der Waals surface area contributed by atoms with E-state index in [-0.39, 0.29) is 4.90 Å². The van der Waals surface area contributed by atoms with Gasteiger partial charge in [0.05, 0.1) is 15.7 Å². The average molecular weight is 589 g/mol. The number of thioether (sulfide) groups is 1. The standard InChI is InChI=1S/C26H26BrN3O4S2/c1-2-29(16-21-15-22(27)13-14-24(21)34-18-20-9-5-3-6-10-20)30-17-25(35-19-30)26(31)28-36(32,33)23-11-7-4-8-12-23/h3-15,17H,2,16,18-19H2,1H3,(H,28,31). The number of hydrazine groups is 1. The van der Waals surface area contributed by atoms with Crippen LogP contribution in [0.1, 0.15) is 18.1 Å². The molecular weight excluding hydrogens is 562 g/mol. The monoisotopic (exact) mass is 587 g/mol. The number of nitrogens with one attached hydrogen (secondary N) is 1. The average Bonchev–Trinajstić information content (AvgIpc) is 3.38. The molecule has 0 radical (unpaired) electrons. The topological polar surface area (TPSA) is 79.0 Å². The number of sulfonamides is 1. The Morgan fingerprint density at radius 2 is 1.78 bits per heavy atom. The van der Waals surface area contributed by atoms with E-state index in [1.165, 1.54) is 23.9 Å². The second kappa shape index (κ2) is 12.0. The fourth-order valence-electron chi connectivity index (χ4n) is 3.59. The summed E-state index contributed by atoms with van der Waals surface area (Å²) in [5, 5.41) is 4.01. The Bertz CT molecular complexity index is 1340. The minimum atomic E-state index is -3.94. The van der Waals surface area contributed by atoms with E-state index in [9.17, 15) is 13.2 Å². The summed E-state index contributed by atoms with van der Waals surface area (Å²) in [4.78, 5) is 13.1. The highest BCUT2D eigenvalue weighted by molar-refractivity contribution is 9.10. The smallest absolute Gasteiger partial charge is 0.273 e. The third-order valence-corrected chi connectivity index (χ3v) is 8.30. The largest absolute Gasteiger partial charge is 0.489 e. The number of ether oxygens (including phenoxy) is 1. The number of benzene rings is 3. The predicted octanol–water partition coefficient (Wildman–Crippen LogP) is 5.12. The van der Waals surface area contributed by atoms with Crippen LogP contribution >= 0.6 is 27.7 Å². The van der Waals surface area contributed by atoms with Crippen LogP contribution in [0.2, 0.25) is 0 Å². The minimum Gasteiger partial charge on any atom is -0.489 e. The van der Waals surface area contributed by atoms with Crippen LogP contribution in [0.4, 0.5) is 0 Å². The predicted molar refractivity (Wildman–Crippen MR) is 145 cm³/mol. The molecule has 0 saturated heterocycles. The zero-order valence-corrected chi connectivity index (χ0v) is 22.9. The molecule has 1 N–H and O–H groups in total. The van der Waals surface area contributed by atoms with Crippen LogP contribution in [0.3, 0.4) is 0 Å². The van der Waals surface area contributed by atoms with Gasteiger partial charge in [-0.3, -0.25) is 4.79 Å². The van der Waals surface area contributed by atoms with Crippen LogP contribution in [0.15, 0.2) is 99.3 Å². The number of carbonyl (C=O) groups excluding carboxylic acids is 1. The maximum atomic E-state index is 12.7. The Labute approximate surface area is 224 Å². The van der Waals surface area contributed by atoms with E-state index in [0.29, 0.717) is 30.5 Å². The van der Waals surface area contributed by atoms with Crippen molar-refractivity contribution in [3.8, 4) is 5.75 Å². The fourth-order valence-corrected chi connectivity index (χ4v) is 5.94. The van der Waals surface area contributed by atoms with Crippen molar-refractivity contribution in [2.45, 2.75) is 25.0 Å². The number of halogens is 1. The molecule has 0 bridgehead atoms. The normalized spacial score (nSPS) is 13.5. The van der Waals surface area contributed by atoms with Gasteiger partial charge >= 0.3 is 0 Å². The summed E-state index contributed by atoms with van der Waals surface area (Å²) in [5.41, 5.74) is 2.07. The van der Waals surface area contributed by atoms with Gasteiger partial charge in [0.25, 0.3) is 15.9 Å². The van der Waals surface area contributed by atoms with E-state index in [0.717, 1.165) is 21.3 Å². The molecule has 1 amide bonds. The third kappa shape index (κ3) is 6.70. The maximum absolute atomic E-state index is 12.7. The SMILES string of the molecule is CCN(Cc1cc(Br)ccc1OCc1ccccc1)N1C=C(C(=O)NS(=O)(=O)c2ccccc2)SC1. The molecule has 0 fully saturated rings. The van der Waals surface area contributed by atoms with E-state index in [4.69, 9.17) is 4.74 Å². The maximum Gasteiger partial charge on any atom is 0.273 e. The van der Waals surface area contributed by atoms with Gasteiger partial charge in [-0.15, -0.1) is 0 Å². The lowest BCUT2D eigenvalue weighted by Gasteiger charge is -2.30. The second-order valence-electron chi connectivity index (χ2n) is 7.96. The molecule has 0 atom stereocenters. The fraction of sp³-hybridized carbons (Fsp3) is 0.192. The van der Waals surface area contributed by atoms with Crippen molar-refractivity contribution in [3.63, 3.8) is 0 Å². The quantitative estimate of drug-likeness (QED) is 0.353. The van der Waals surface area contributed by atoms with Crippen LogP contribution in [0.5, 0.6) is 5.75 Å². The molecule has 3 aromatic rings. The first-order valence-corrected chi connectivity index (χ1v) is 14.6. The molecule has 36 heavy (non-hydrogen) atoms. The highest BCUT2D eigenvalue weighted by atomic mass is 79.9. The Morgan fingerprint density at radius 3 is 2.47 bits per heavy atom. The Morgan fingerprint density at radius 1 is 1.08 bits per heavy atom. The molecule has 0 aromatic heterocycles. The second-order valence-corrected chi connectivity index (χ2v) is 11.5. The Balaban J connectivity index is 1.45. The van der Waals surface area contributed by atoms with E-state index >= 15 is 0 Å². The lowest BCUT2D eigenvalue weighted by atomic mass is 10.2. The van der Waals surface area contributed by atoms with Crippen molar-refractivity contribution >= 4 is 43.6 Å². The number of carbonyl (C=O) groups is 1. The first-order chi connectivity index (χ1) is 17.4. The lowest BCUT2D eigenvalue weighted by Crippen LogP contribution is -2.37. The van der Waals surface area contributed by atoms with Gasteiger partial charge in [-0.25, -0.2) is 18.1 Å². The first-order valence-electron chi connectivity index (χ1n) is 11.3.